The number of nitrogens with zero attached hydrogens (tertiary/aromatic N) is 1. The summed E-state index contributed by atoms with van der Waals surface area (Å²) in [4.78, 5) is 62.6. The van der Waals surface area contributed by atoms with Gasteiger partial charge in [0.2, 0.25) is 17.7 Å². The predicted molar refractivity (Wildman–Crippen MR) is 126 cm³/mol. The number of esters is 1. The number of hydrogen-bond acceptors (Lipinski definition) is 6. The van der Waals surface area contributed by atoms with E-state index in [9.17, 15) is 24.0 Å². The van der Waals surface area contributed by atoms with E-state index in [4.69, 9.17) is 4.74 Å². The minimum absolute atomic E-state index is 0.127. The lowest BCUT2D eigenvalue weighted by Crippen LogP contribution is -2.32. The average Bonchev–Trinajstić information content (AvgIpc) is 3.52. The van der Waals surface area contributed by atoms with Gasteiger partial charge in [-0.1, -0.05) is 12.2 Å². The summed E-state index contributed by atoms with van der Waals surface area (Å²) >= 11 is 0. The van der Waals surface area contributed by atoms with Crippen LogP contribution in [0.3, 0.4) is 0 Å². The molecule has 2 aromatic rings. The second kappa shape index (κ2) is 8.83. The number of ether oxygens (including phenoxy) is 1. The molecule has 1 saturated carbocycles. The average molecular weight is 473 g/mol. The highest BCUT2D eigenvalue weighted by atomic mass is 16.5. The lowest BCUT2D eigenvalue weighted by Gasteiger charge is -2.17. The summed E-state index contributed by atoms with van der Waals surface area (Å²) in [6, 6.07) is 12.5. The highest BCUT2D eigenvalue weighted by Crippen LogP contribution is 2.53. The van der Waals surface area contributed by atoms with Gasteiger partial charge in [-0.25, -0.2) is 4.79 Å². The lowest BCUT2D eigenvalue weighted by molar-refractivity contribution is -0.123. The van der Waals surface area contributed by atoms with E-state index in [1.54, 1.807) is 36.4 Å². The summed E-state index contributed by atoms with van der Waals surface area (Å²) in [5.41, 5.74) is 1.70. The first kappa shape index (κ1) is 22.5. The third kappa shape index (κ3) is 4.21. The Kier molecular flexibility index (Phi) is 5.68. The molecule has 0 radical (unpaired) electrons. The van der Waals surface area contributed by atoms with Gasteiger partial charge in [0.15, 0.2) is 6.61 Å². The van der Waals surface area contributed by atoms with Crippen LogP contribution in [0.4, 0.5) is 17.1 Å². The van der Waals surface area contributed by atoms with Gasteiger partial charge < -0.3 is 15.4 Å². The van der Waals surface area contributed by atoms with Crippen LogP contribution in [0.25, 0.3) is 0 Å². The van der Waals surface area contributed by atoms with E-state index < -0.39 is 18.5 Å². The first-order chi connectivity index (χ1) is 16.8. The molecule has 0 spiro atoms. The summed E-state index contributed by atoms with van der Waals surface area (Å²) in [5, 5.41) is 5.22. The summed E-state index contributed by atoms with van der Waals surface area (Å²) < 4.78 is 5.08. The SMILES string of the molecule is CC(=O)Nc1ccc(NC(=O)COC(=O)c2ccc(N3C(=O)[C@H]4[C@H](C3=O)[C@H]3C=C[C@H]4C3)cc2)cc1. The van der Waals surface area contributed by atoms with E-state index in [1.807, 2.05) is 12.2 Å². The van der Waals surface area contributed by atoms with Crippen LogP contribution in [0, 0.1) is 23.7 Å². The number of fused-ring (bicyclic) bond motifs is 5. The summed E-state index contributed by atoms with van der Waals surface area (Å²) in [6.07, 6.45) is 4.94. The Labute approximate surface area is 201 Å². The van der Waals surface area contributed by atoms with Crippen molar-refractivity contribution in [2.24, 2.45) is 23.7 Å². The zero-order chi connectivity index (χ0) is 24.7. The number of amides is 4. The largest absolute Gasteiger partial charge is 0.452 e. The molecule has 2 fully saturated rings. The van der Waals surface area contributed by atoms with Crippen LogP contribution in [0.15, 0.2) is 60.7 Å². The Bertz CT molecular complexity index is 1220. The minimum atomic E-state index is -0.703. The molecular formula is C26H23N3O6. The molecular weight excluding hydrogens is 450 g/mol. The molecule has 1 saturated heterocycles. The molecule has 1 heterocycles. The molecule has 0 aromatic heterocycles. The molecule has 5 rings (SSSR count). The van der Waals surface area contributed by atoms with E-state index in [-0.39, 0.29) is 47.0 Å². The fourth-order valence-electron chi connectivity index (χ4n) is 5.16. The van der Waals surface area contributed by atoms with Gasteiger partial charge in [0, 0.05) is 18.3 Å². The summed E-state index contributed by atoms with van der Waals surface area (Å²) in [7, 11) is 0. The summed E-state index contributed by atoms with van der Waals surface area (Å²) in [5.74, 6) is -2.13. The van der Waals surface area contributed by atoms with Gasteiger partial charge >= 0.3 is 5.97 Å². The van der Waals surface area contributed by atoms with E-state index in [2.05, 4.69) is 10.6 Å². The van der Waals surface area contributed by atoms with Crippen molar-refractivity contribution in [3.63, 3.8) is 0 Å². The summed E-state index contributed by atoms with van der Waals surface area (Å²) in [6.45, 7) is 0.907. The Morgan fingerprint density at radius 2 is 1.40 bits per heavy atom. The highest BCUT2D eigenvalue weighted by Gasteiger charge is 2.59. The molecule has 2 aromatic carbocycles. The van der Waals surface area contributed by atoms with Gasteiger partial charge in [0.25, 0.3) is 5.91 Å². The van der Waals surface area contributed by atoms with Crippen molar-refractivity contribution in [2.75, 3.05) is 22.1 Å². The third-order valence-corrected chi connectivity index (χ3v) is 6.65. The number of hydrogen-bond donors (Lipinski definition) is 2. The van der Waals surface area contributed by atoms with Crippen LogP contribution in [0.1, 0.15) is 23.7 Å². The van der Waals surface area contributed by atoms with E-state index >= 15 is 0 Å². The number of benzene rings is 2. The van der Waals surface area contributed by atoms with Gasteiger partial charge in [-0.3, -0.25) is 24.1 Å². The first-order valence-corrected chi connectivity index (χ1v) is 11.3. The second-order valence-corrected chi connectivity index (χ2v) is 8.94. The van der Waals surface area contributed by atoms with Crippen molar-refractivity contribution in [1.82, 2.24) is 0 Å². The second-order valence-electron chi connectivity index (χ2n) is 8.94. The van der Waals surface area contributed by atoms with Gasteiger partial charge in [-0.2, -0.15) is 0 Å². The van der Waals surface area contributed by atoms with Crippen molar-refractivity contribution in [3.8, 4) is 0 Å². The van der Waals surface area contributed by atoms with Gasteiger partial charge in [0.05, 0.1) is 23.1 Å². The van der Waals surface area contributed by atoms with Crippen LogP contribution in [0.2, 0.25) is 0 Å². The molecule has 3 aliphatic rings. The molecule has 4 atom stereocenters. The molecule has 2 bridgehead atoms. The van der Waals surface area contributed by atoms with Crippen molar-refractivity contribution in [2.45, 2.75) is 13.3 Å². The predicted octanol–water partition coefficient (Wildman–Crippen LogP) is 2.75. The van der Waals surface area contributed by atoms with E-state index in [0.717, 1.165) is 6.42 Å². The van der Waals surface area contributed by atoms with Crippen molar-refractivity contribution >= 4 is 46.7 Å². The molecule has 2 N–H and O–H groups in total. The molecule has 9 nitrogen and oxygen atoms in total. The highest BCUT2D eigenvalue weighted by molar-refractivity contribution is 6.22. The quantitative estimate of drug-likeness (QED) is 0.378. The fraction of sp³-hybridized carbons (Fsp3) is 0.269. The Balaban J connectivity index is 1.15. The molecule has 0 unspecified atom stereocenters. The van der Waals surface area contributed by atoms with Crippen molar-refractivity contribution in [1.29, 1.82) is 0 Å². The normalized spacial score (nSPS) is 23.9. The number of nitrogens with one attached hydrogen (secondary N) is 2. The Morgan fingerprint density at radius 3 is 1.94 bits per heavy atom. The van der Waals surface area contributed by atoms with Crippen molar-refractivity contribution in [3.05, 3.63) is 66.2 Å². The number of carbonyl (C=O) groups excluding carboxylic acids is 5. The van der Waals surface area contributed by atoms with E-state index in [0.29, 0.717) is 17.1 Å². The van der Waals surface area contributed by atoms with Gasteiger partial charge in [0.1, 0.15) is 0 Å². The zero-order valence-electron chi connectivity index (χ0n) is 18.9. The molecule has 1 aliphatic heterocycles. The standard InChI is InChI=1S/C26H23N3O6/c1-14(30)27-18-6-8-19(9-7-18)28-21(31)13-35-26(34)15-4-10-20(11-5-15)29-24(32)22-16-2-3-17(12-16)23(22)25(29)33/h2-11,16-17,22-23H,12-13H2,1H3,(H,27,30)(H,28,31)/t16-,17-,22+,23+/m0/s1. The van der Waals surface area contributed by atoms with Crippen LogP contribution in [0.5, 0.6) is 0 Å². The fourth-order valence-corrected chi connectivity index (χ4v) is 5.16. The smallest absolute Gasteiger partial charge is 0.338 e. The van der Waals surface area contributed by atoms with Crippen LogP contribution in [-0.2, 0) is 23.9 Å². The lowest BCUT2D eigenvalue weighted by atomic mass is 9.85. The monoisotopic (exact) mass is 473 g/mol. The maximum atomic E-state index is 12.9. The number of carbonyl (C=O) groups is 5. The van der Waals surface area contributed by atoms with Gasteiger partial charge in [-0.05, 0) is 66.8 Å². The first-order valence-electron chi connectivity index (χ1n) is 11.3. The Hall–Kier alpha value is -4.27. The van der Waals surface area contributed by atoms with Gasteiger partial charge in [-0.15, -0.1) is 0 Å². The number of anilines is 3. The topological polar surface area (TPSA) is 122 Å². The molecule has 9 heteroatoms. The van der Waals surface area contributed by atoms with Crippen LogP contribution >= 0.6 is 0 Å². The molecule has 35 heavy (non-hydrogen) atoms. The van der Waals surface area contributed by atoms with Crippen LogP contribution in [-0.4, -0.2) is 36.2 Å². The molecule has 4 amide bonds. The number of rotatable bonds is 6. The number of imide groups is 1. The maximum absolute atomic E-state index is 12.9. The zero-order valence-corrected chi connectivity index (χ0v) is 18.9. The maximum Gasteiger partial charge on any atom is 0.338 e. The van der Waals surface area contributed by atoms with Crippen LogP contribution < -0.4 is 15.5 Å². The van der Waals surface area contributed by atoms with Crippen molar-refractivity contribution < 1.29 is 28.7 Å². The molecule has 178 valence electrons. The van der Waals surface area contributed by atoms with E-state index in [1.165, 1.54) is 24.0 Å². The minimum Gasteiger partial charge on any atom is -0.452 e. The Morgan fingerprint density at radius 1 is 0.857 bits per heavy atom. The third-order valence-electron chi connectivity index (χ3n) is 6.65. The number of allylic oxidation sites excluding steroid dienone is 2. The molecule has 2 aliphatic carbocycles.